The number of ether oxygens (including phenoxy) is 1. The van der Waals surface area contributed by atoms with Crippen molar-refractivity contribution < 1.29 is 34.9 Å². The Bertz CT molecular complexity index is 1390. The van der Waals surface area contributed by atoms with Gasteiger partial charge in [0.1, 0.15) is 11.4 Å². The van der Waals surface area contributed by atoms with E-state index in [4.69, 9.17) is 18.3 Å². The van der Waals surface area contributed by atoms with Crippen LogP contribution < -0.4 is 10.1 Å². The lowest BCUT2D eigenvalue weighted by Gasteiger charge is -2.34. The van der Waals surface area contributed by atoms with Crippen molar-refractivity contribution in [2.45, 2.75) is 58.2 Å². The van der Waals surface area contributed by atoms with Gasteiger partial charge in [-0.2, -0.15) is 21.6 Å². The molecule has 37 heavy (non-hydrogen) atoms. The van der Waals surface area contributed by atoms with Crippen molar-refractivity contribution in [2.75, 3.05) is 24.8 Å². The van der Waals surface area contributed by atoms with E-state index in [1.807, 2.05) is 27.7 Å². The summed E-state index contributed by atoms with van der Waals surface area (Å²) in [5.74, 6) is 0.443. The predicted molar refractivity (Wildman–Crippen MR) is 131 cm³/mol. The number of hydrogen-bond acceptors (Lipinski definition) is 9. The van der Waals surface area contributed by atoms with E-state index in [1.165, 1.54) is 0 Å². The fraction of sp³-hybridized carbons (Fsp3) is 0.542. The van der Waals surface area contributed by atoms with Crippen molar-refractivity contribution >= 4 is 27.0 Å². The second-order valence-corrected chi connectivity index (χ2v) is 12.1. The molecular weight excluding hydrogens is 513 g/mol. The molecule has 0 spiro atoms. The number of hydrogen-bond donors (Lipinski definition) is 1. The number of rotatable bonds is 8. The number of fused-ring (bicyclic) bond motifs is 1. The van der Waals surface area contributed by atoms with Crippen molar-refractivity contribution in [2.24, 2.45) is 5.92 Å². The topological polar surface area (TPSA) is 116 Å². The van der Waals surface area contributed by atoms with Crippen LogP contribution in [0.3, 0.4) is 0 Å². The molecule has 3 aromatic rings. The molecule has 0 unspecified atom stereocenters. The Morgan fingerprint density at radius 3 is 2.46 bits per heavy atom. The second-order valence-electron chi connectivity index (χ2n) is 10.4. The third-order valence-electron chi connectivity index (χ3n) is 6.03. The molecule has 202 valence electrons. The molecule has 0 amide bonds. The summed E-state index contributed by atoms with van der Waals surface area (Å²) in [5, 5.41) is 12.0. The SMILES string of the molecule is Cc1cc(-c2nnc(NC3CC(COS(C)(=O)=O)C3)o2)nc2c(C(C)(C)C)cc(OCC(F)(F)F)cc12. The van der Waals surface area contributed by atoms with Crippen LogP contribution in [0.25, 0.3) is 22.5 Å². The number of nitrogens with one attached hydrogen (secondary N) is 1. The third-order valence-corrected chi connectivity index (χ3v) is 6.59. The Hall–Kier alpha value is -2.93. The number of halogens is 3. The first-order chi connectivity index (χ1) is 17.1. The van der Waals surface area contributed by atoms with E-state index in [0.717, 1.165) is 17.4 Å². The Balaban J connectivity index is 1.55. The molecule has 0 saturated heterocycles. The van der Waals surface area contributed by atoms with Gasteiger partial charge in [-0.3, -0.25) is 4.18 Å². The van der Waals surface area contributed by atoms with Gasteiger partial charge in [-0.25, -0.2) is 4.98 Å². The number of anilines is 1. The molecule has 9 nitrogen and oxygen atoms in total. The van der Waals surface area contributed by atoms with Crippen LogP contribution in [0.1, 0.15) is 44.7 Å². The first-order valence-electron chi connectivity index (χ1n) is 11.7. The lowest BCUT2D eigenvalue weighted by atomic mass is 9.81. The molecule has 0 aliphatic heterocycles. The standard InChI is InChI=1S/C24H29F3N4O5S/c1-13-6-19(21-30-31-22(36-21)28-15-7-14(8-15)11-35-37(5,32)33)29-20-17(13)9-16(34-12-24(25,26)27)10-18(20)23(2,3)4/h6,9-10,14-15H,7-8,11-12H2,1-5H3,(H,28,31). The van der Waals surface area contributed by atoms with E-state index >= 15 is 0 Å². The van der Waals surface area contributed by atoms with E-state index in [2.05, 4.69) is 15.5 Å². The quantitative estimate of drug-likeness (QED) is 0.393. The summed E-state index contributed by atoms with van der Waals surface area (Å²) in [6.45, 7) is 6.43. The van der Waals surface area contributed by atoms with Gasteiger partial charge in [-0.15, -0.1) is 5.10 Å². The van der Waals surface area contributed by atoms with Crippen LogP contribution in [0.15, 0.2) is 22.6 Å². The Labute approximate surface area is 212 Å². The van der Waals surface area contributed by atoms with Gasteiger partial charge in [0.05, 0.1) is 18.4 Å². The number of aryl methyl sites for hydroxylation is 1. The van der Waals surface area contributed by atoms with E-state index in [1.54, 1.807) is 18.2 Å². The zero-order chi connectivity index (χ0) is 27.2. The Morgan fingerprint density at radius 2 is 1.84 bits per heavy atom. The van der Waals surface area contributed by atoms with Gasteiger partial charge < -0.3 is 14.5 Å². The fourth-order valence-corrected chi connectivity index (χ4v) is 4.60. The molecule has 1 fully saturated rings. The number of alkyl halides is 3. The first kappa shape index (κ1) is 27.1. The molecule has 0 radical (unpaired) electrons. The van der Waals surface area contributed by atoms with Crippen molar-refractivity contribution in [3.63, 3.8) is 0 Å². The molecule has 2 aromatic heterocycles. The molecule has 2 heterocycles. The summed E-state index contributed by atoms with van der Waals surface area (Å²) < 4.78 is 76.1. The minimum atomic E-state index is -4.44. The van der Waals surface area contributed by atoms with Gasteiger partial charge in [-0.1, -0.05) is 25.9 Å². The third kappa shape index (κ3) is 6.89. The van der Waals surface area contributed by atoms with Gasteiger partial charge in [0, 0.05) is 11.4 Å². The summed E-state index contributed by atoms with van der Waals surface area (Å²) in [7, 11) is -3.46. The van der Waals surface area contributed by atoms with Crippen molar-refractivity contribution in [1.29, 1.82) is 0 Å². The molecule has 1 N–H and O–H groups in total. The predicted octanol–water partition coefficient (Wildman–Crippen LogP) is 5.00. The van der Waals surface area contributed by atoms with Crippen LogP contribution in [-0.4, -0.2) is 55.3 Å². The lowest BCUT2D eigenvalue weighted by molar-refractivity contribution is -0.153. The Kier molecular flexibility index (Phi) is 7.14. The number of aromatic nitrogens is 3. The van der Waals surface area contributed by atoms with E-state index in [0.29, 0.717) is 29.4 Å². The smallest absolute Gasteiger partial charge is 0.422 e. The fourth-order valence-electron chi connectivity index (χ4n) is 4.16. The summed E-state index contributed by atoms with van der Waals surface area (Å²) in [5.41, 5.74) is 2.11. The molecular formula is C24H29F3N4O5S. The highest BCUT2D eigenvalue weighted by molar-refractivity contribution is 7.85. The summed E-state index contributed by atoms with van der Waals surface area (Å²) in [6, 6.07) is 5.15. The summed E-state index contributed by atoms with van der Waals surface area (Å²) in [4.78, 5) is 4.73. The maximum atomic E-state index is 12.7. The molecule has 13 heteroatoms. The normalized spacial score (nSPS) is 18.6. The first-order valence-corrected chi connectivity index (χ1v) is 13.5. The van der Waals surface area contributed by atoms with Gasteiger partial charge in [0.2, 0.25) is 0 Å². The van der Waals surface area contributed by atoms with Crippen LogP contribution in [0.4, 0.5) is 19.2 Å². The highest BCUT2D eigenvalue weighted by Crippen LogP contribution is 2.37. The average molecular weight is 543 g/mol. The maximum Gasteiger partial charge on any atom is 0.422 e. The molecule has 1 aromatic carbocycles. The maximum absolute atomic E-state index is 12.7. The zero-order valence-corrected chi connectivity index (χ0v) is 22.0. The van der Waals surface area contributed by atoms with Crippen LogP contribution in [0.5, 0.6) is 5.75 Å². The number of benzene rings is 1. The Morgan fingerprint density at radius 1 is 1.14 bits per heavy atom. The minimum Gasteiger partial charge on any atom is -0.484 e. The van der Waals surface area contributed by atoms with E-state index in [-0.39, 0.29) is 36.2 Å². The van der Waals surface area contributed by atoms with E-state index in [9.17, 15) is 21.6 Å². The average Bonchev–Trinajstić information content (AvgIpc) is 3.20. The molecule has 0 atom stereocenters. The molecule has 0 bridgehead atoms. The van der Waals surface area contributed by atoms with Crippen molar-refractivity contribution in [3.05, 3.63) is 29.3 Å². The molecule has 1 aliphatic carbocycles. The zero-order valence-electron chi connectivity index (χ0n) is 21.1. The molecule has 1 saturated carbocycles. The summed E-state index contributed by atoms with van der Waals surface area (Å²) in [6.07, 6.45) is -2.01. The van der Waals surface area contributed by atoms with E-state index < -0.39 is 28.3 Å². The largest absolute Gasteiger partial charge is 0.484 e. The van der Waals surface area contributed by atoms with Gasteiger partial charge in [0.15, 0.2) is 6.61 Å². The van der Waals surface area contributed by atoms with Crippen LogP contribution in [0, 0.1) is 12.8 Å². The highest BCUT2D eigenvalue weighted by Gasteiger charge is 2.32. The van der Waals surface area contributed by atoms with Crippen molar-refractivity contribution in [3.8, 4) is 17.3 Å². The lowest BCUT2D eigenvalue weighted by Crippen LogP contribution is -2.38. The van der Waals surface area contributed by atoms with Crippen LogP contribution >= 0.6 is 0 Å². The number of pyridine rings is 1. The highest BCUT2D eigenvalue weighted by atomic mass is 32.2. The van der Waals surface area contributed by atoms with Crippen LogP contribution in [0.2, 0.25) is 0 Å². The second kappa shape index (κ2) is 9.75. The van der Waals surface area contributed by atoms with Gasteiger partial charge in [-0.05, 0) is 60.4 Å². The monoisotopic (exact) mass is 542 g/mol. The summed E-state index contributed by atoms with van der Waals surface area (Å²) >= 11 is 0. The van der Waals surface area contributed by atoms with Gasteiger partial charge >= 0.3 is 12.2 Å². The minimum absolute atomic E-state index is 0.0513. The van der Waals surface area contributed by atoms with Crippen molar-refractivity contribution in [1.82, 2.24) is 15.2 Å². The molecule has 4 rings (SSSR count). The van der Waals surface area contributed by atoms with Crippen LogP contribution in [-0.2, 0) is 19.7 Å². The van der Waals surface area contributed by atoms with Gasteiger partial charge in [0.25, 0.3) is 16.0 Å². The number of nitrogens with zero attached hydrogens (tertiary/aromatic N) is 3. The molecule has 1 aliphatic rings.